The maximum atomic E-state index is 13.6. The third kappa shape index (κ3) is 5.46. The molecule has 194 valence electrons. The second kappa shape index (κ2) is 9.11. The maximum absolute atomic E-state index is 13.6. The number of carbonyl (C=O) groups is 4. The molecule has 0 radical (unpaired) electrons. The van der Waals surface area contributed by atoms with Crippen LogP contribution in [0.4, 0.5) is 0 Å². The number of rotatable bonds is 6. The summed E-state index contributed by atoms with van der Waals surface area (Å²) in [5.74, 6) is -1.21. The highest BCUT2D eigenvalue weighted by Gasteiger charge is 2.69. The Kier molecular flexibility index (Phi) is 7.02. The summed E-state index contributed by atoms with van der Waals surface area (Å²) in [6.45, 7) is 15.6. The summed E-state index contributed by atoms with van der Waals surface area (Å²) in [5, 5.41) is 18.3. The van der Waals surface area contributed by atoms with Gasteiger partial charge in [0.15, 0.2) is 0 Å². The second-order valence-electron chi connectivity index (χ2n) is 12.9. The smallest absolute Gasteiger partial charge is 0.246 e. The Balaban J connectivity index is 1.76. The highest BCUT2D eigenvalue weighted by molar-refractivity contribution is 5.94. The summed E-state index contributed by atoms with van der Waals surface area (Å²) in [7, 11) is 0. The van der Waals surface area contributed by atoms with Crippen LogP contribution in [0.2, 0.25) is 0 Å². The number of likely N-dealkylation sites (tertiary alicyclic amines) is 1. The largest absolute Gasteiger partial charge is 0.351 e. The van der Waals surface area contributed by atoms with E-state index >= 15 is 0 Å². The molecule has 1 saturated carbocycles. The lowest BCUT2D eigenvalue weighted by molar-refractivity contribution is -0.145. The van der Waals surface area contributed by atoms with Crippen LogP contribution < -0.4 is 16.0 Å². The predicted octanol–water partition coefficient (Wildman–Crippen LogP) is 1.72. The Hall–Kier alpha value is -2.63. The molecule has 2 aliphatic heterocycles. The van der Waals surface area contributed by atoms with Gasteiger partial charge in [-0.25, -0.2) is 0 Å². The minimum atomic E-state index is -0.828. The Morgan fingerprint density at radius 3 is 2.34 bits per heavy atom. The monoisotopic (exact) mass is 487 g/mol. The van der Waals surface area contributed by atoms with Crippen molar-refractivity contribution in [3.63, 3.8) is 0 Å². The minimum absolute atomic E-state index is 0.0116. The summed E-state index contributed by atoms with van der Waals surface area (Å²) in [6, 6.07) is -0.167. The number of nitriles is 1. The number of hydrogen-bond acceptors (Lipinski definition) is 5. The molecule has 1 aliphatic carbocycles. The van der Waals surface area contributed by atoms with Crippen LogP contribution >= 0.6 is 0 Å². The Labute approximate surface area is 208 Å². The molecule has 6 unspecified atom stereocenters. The highest BCUT2D eigenvalue weighted by Crippen LogP contribution is 2.65. The third-order valence-electron chi connectivity index (χ3n) is 8.16. The first kappa shape index (κ1) is 27.0. The van der Waals surface area contributed by atoms with Gasteiger partial charge in [-0.3, -0.25) is 19.2 Å². The van der Waals surface area contributed by atoms with Crippen molar-refractivity contribution in [1.29, 1.82) is 5.26 Å². The molecular weight excluding hydrogens is 446 g/mol. The van der Waals surface area contributed by atoms with Gasteiger partial charge in [-0.2, -0.15) is 5.26 Å². The van der Waals surface area contributed by atoms with Gasteiger partial charge < -0.3 is 20.9 Å². The van der Waals surface area contributed by atoms with Crippen molar-refractivity contribution in [2.45, 2.75) is 98.3 Å². The van der Waals surface area contributed by atoms with Crippen LogP contribution in [0.25, 0.3) is 0 Å². The number of piperidine rings is 2. The number of hydrogen-bond donors (Lipinski definition) is 3. The molecule has 0 spiro atoms. The van der Waals surface area contributed by atoms with E-state index in [0.717, 1.165) is 6.42 Å². The molecule has 3 fully saturated rings. The molecule has 3 aliphatic rings. The molecular formula is C26H41N5O4. The third-order valence-corrected chi connectivity index (χ3v) is 8.16. The summed E-state index contributed by atoms with van der Waals surface area (Å²) in [6.07, 6.45) is 1.69. The van der Waals surface area contributed by atoms with Gasteiger partial charge >= 0.3 is 0 Å². The quantitative estimate of drug-likeness (QED) is 0.525. The second-order valence-corrected chi connectivity index (χ2v) is 12.9. The van der Waals surface area contributed by atoms with E-state index in [-0.39, 0.29) is 58.8 Å². The van der Waals surface area contributed by atoms with Crippen LogP contribution in [0.5, 0.6) is 0 Å². The Morgan fingerprint density at radius 2 is 1.83 bits per heavy atom. The van der Waals surface area contributed by atoms with Gasteiger partial charge in [0.1, 0.15) is 18.1 Å². The maximum Gasteiger partial charge on any atom is 0.246 e. The first-order valence-electron chi connectivity index (χ1n) is 12.6. The number of carbonyl (C=O) groups excluding carboxylic acids is 4. The number of nitrogens with one attached hydrogen (secondary N) is 3. The molecule has 3 N–H and O–H groups in total. The normalized spacial score (nSPS) is 30.3. The van der Waals surface area contributed by atoms with Crippen LogP contribution in [-0.2, 0) is 19.2 Å². The minimum Gasteiger partial charge on any atom is -0.351 e. The van der Waals surface area contributed by atoms with Crippen LogP contribution in [-0.4, -0.2) is 58.7 Å². The van der Waals surface area contributed by atoms with Crippen molar-refractivity contribution in [3.05, 3.63) is 0 Å². The van der Waals surface area contributed by atoms with Crippen molar-refractivity contribution in [2.75, 3.05) is 6.54 Å². The topological polar surface area (TPSA) is 131 Å². The average Bonchev–Trinajstić information content (AvgIpc) is 3.07. The first-order chi connectivity index (χ1) is 16.0. The molecule has 6 atom stereocenters. The molecule has 9 heteroatoms. The number of fused-ring (bicyclic) bond motifs is 1. The van der Waals surface area contributed by atoms with E-state index in [4.69, 9.17) is 0 Å². The number of nitrogens with zero attached hydrogens (tertiary/aromatic N) is 2. The van der Waals surface area contributed by atoms with Gasteiger partial charge in [-0.05, 0) is 55.8 Å². The standard InChI is InChI=1S/C26H41N5O4/c1-14(32)28-20(24(2,3)4)23(35)31-13-17-18(26(17,7)8)19(31)22(34)29-16(12-27)11-15-9-10-25(5,6)30-21(15)33/h15-20H,9-11,13H2,1-8H3,(H,28,32)(H,29,34)(H,30,33). The average molecular weight is 488 g/mol. The fourth-order valence-electron chi connectivity index (χ4n) is 5.91. The van der Waals surface area contributed by atoms with Crippen molar-refractivity contribution < 1.29 is 19.2 Å². The molecule has 0 bridgehead atoms. The lowest BCUT2D eigenvalue weighted by Crippen LogP contribution is -2.59. The van der Waals surface area contributed by atoms with E-state index in [0.29, 0.717) is 13.0 Å². The zero-order valence-electron chi connectivity index (χ0n) is 22.3. The van der Waals surface area contributed by atoms with E-state index in [9.17, 15) is 24.4 Å². The summed E-state index contributed by atoms with van der Waals surface area (Å²) in [4.78, 5) is 53.1. The van der Waals surface area contributed by atoms with Crippen molar-refractivity contribution in [3.8, 4) is 6.07 Å². The van der Waals surface area contributed by atoms with Crippen molar-refractivity contribution in [2.24, 2.45) is 28.6 Å². The van der Waals surface area contributed by atoms with Crippen molar-refractivity contribution >= 4 is 23.6 Å². The highest BCUT2D eigenvalue weighted by atomic mass is 16.2. The predicted molar refractivity (Wildman–Crippen MR) is 130 cm³/mol. The van der Waals surface area contributed by atoms with Gasteiger partial charge in [0, 0.05) is 24.9 Å². The molecule has 2 saturated heterocycles. The van der Waals surface area contributed by atoms with Gasteiger partial charge in [0.25, 0.3) is 0 Å². The lowest BCUT2D eigenvalue weighted by Gasteiger charge is -2.38. The fourth-order valence-corrected chi connectivity index (χ4v) is 5.91. The molecule has 0 aromatic heterocycles. The molecule has 35 heavy (non-hydrogen) atoms. The molecule has 0 aromatic carbocycles. The lowest BCUT2D eigenvalue weighted by atomic mass is 9.83. The van der Waals surface area contributed by atoms with E-state index in [1.807, 2.05) is 34.6 Å². The zero-order chi connectivity index (χ0) is 26.5. The van der Waals surface area contributed by atoms with Crippen LogP contribution in [0.3, 0.4) is 0 Å². The molecule has 2 heterocycles. The summed E-state index contributed by atoms with van der Waals surface area (Å²) >= 11 is 0. The fraction of sp³-hybridized carbons (Fsp3) is 0.808. The van der Waals surface area contributed by atoms with Gasteiger partial charge in [-0.15, -0.1) is 0 Å². The SMILES string of the molecule is CC(=O)NC(C(=O)N1CC2C(C1C(=O)NC(C#N)CC1CCC(C)(C)NC1=O)C2(C)C)C(C)(C)C. The van der Waals surface area contributed by atoms with Crippen LogP contribution in [0.15, 0.2) is 0 Å². The number of amides is 4. The molecule has 9 nitrogen and oxygen atoms in total. The van der Waals surface area contributed by atoms with Crippen molar-refractivity contribution in [1.82, 2.24) is 20.9 Å². The molecule has 3 rings (SSSR count). The van der Waals surface area contributed by atoms with E-state index < -0.39 is 23.5 Å². The van der Waals surface area contributed by atoms with Gasteiger partial charge in [0.05, 0.1) is 6.07 Å². The van der Waals surface area contributed by atoms with Crippen LogP contribution in [0.1, 0.15) is 74.7 Å². The summed E-state index contributed by atoms with van der Waals surface area (Å²) < 4.78 is 0. The van der Waals surface area contributed by atoms with Gasteiger partial charge in [0.2, 0.25) is 23.6 Å². The first-order valence-corrected chi connectivity index (χ1v) is 12.6. The van der Waals surface area contributed by atoms with E-state index in [1.54, 1.807) is 4.90 Å². The van der Waals surface area contributed by atoms with E-state index in [2.05, 4.69) is 35.9 Å². The molecule has 0 aromatic rings. The molecule has 4 amide bonds. The Bertz CT molecular complexity index is 944. The summed E-state index contributed by atoms with van der Waals surface area (Å²) in [5.41, 5.74) is -0.891. The van der Waals surface area contributed by atoms with Gasteiger partial charge in [-0.1, -0.05) is 34.6 Å². The van der Waals surface area contributed by atoms with Crippen LogP contribution in [0, 0.1) is 39.9 Å². The Morgan fingerprint density at radius 1 is 1.20 bits per heavy atom. The van der Waals surface area contributed by atoms with E-state index in [1.165, 1.54) is 6.92 Å². The zero-order valence-corrected chi connectivity index (χ0v) is 22.3.